The van der Waals surface area contributed by atoms with E-state index >= 15 is 0 Å². The van der Waals surface area contributed by atoms with Gasteiger partial charge in [-0.25, -0.2) is 4.79 Å². The van der Waals surface area contributed by atoms with Crippen molar-refractivity contribution in [3.63, 3.8) is 0 Å². The van der Waals surface area contributed by atoms with Gasteiger partial charge in [-0.15, -0.1) is 0 Å². The molecule has 1 aromatic carbocycles. The van der Waals surface area contributed by atoms with Crippen molar-refractivity contribution in [2.45, 2.75) is 6.04 Å². The summed E-state index contributed by atoms with van der Waals surface area (Å²) in [5.74, 6) is -0.519. The minimum atomic E-state index is -0.648. The Hall–Kier alpha value is -1.59. The number of amides is 1. The van der Waals surface area contributed by atoms with E-state index < -0.39 is 12.0 Å². The predicted molar refractivity (Wildman–Crippen MR) is 70.8 cm³/mol. The molecule has 0 saturated carbocycles. The SMILES string of the molecule is COC(=O)C(c1ccccc1Cl)N1CCNC(=O)C1. The summed E-state index contributed by atoms with van der Waals surface area (Å²) in [5.41, 5.74) is 0.658. The fourth-order valence-electron chi connectivity index (χ4n) is 2.16. The minimum Gasteiger partial charge on any atom is -0.468 e. The van der Waals surface area contributed by atoms with Crippen LogP contribution in [0.1, 0.15) is 11.6 Å². The number of hydrogen-bond donors (Lipinski definition) is 1. The lowest BCUT2D eigenvalue weighted by molar-refractivity contribution is -0.148. The monoisotopic (exact) mass is 282 g/mol. The molecule has 0 spiro atoms. The molecular weight excluding hydrogens is 268 g/mol. The zero-order valence-electron chi connectivity index (χ0n) is 10.6. The van der Waals surface area contributed by atoms with Crippen molar-refractivity contribution >= 4 is 23.5 Å². The largest absolute Gasteiger partial charge is 0.468 e. The average Bonchev–Trinajstić information content (AvgIpc) is 2.41. The van der Waals surface area contributed by atoms with Gasteiger partial charge < -0.3 is 10.1 Å². The van der Waals surface area contributed by atoms with E-state index in [4.69, 9.17) is 16.3 Å². The van der Waals surface area contributed by atoms with E-state index in [1.165, 1.54) is 7.11 Å². The first kappa shape index (κ1) is 13.8. The van der Waals surface area contributed by atoms with E-state index in [9.17, 15) is 9.59 Å². The highest BCUT2D eigenvalue weighted by atomic mass is 35.5. The van der Waals surface area contributed by atoms with Gasteiger partial charge in [-0.2, -0.15) is 0 Å². The van der Waals surface area contributed by atoms with E-state index in [0.29, 0.717) is 23.7 Å². The fraction of sp³-hybridized carbons (Fsp3) is 0.385. The van der Waals surface area contributed by atoms with Crippen LogP contribution < -0.4 is 5.32 Å². The third-order valence-electron chi connectivity index (χ3n) is 3.06. The molecule has 1 atom stereocenters. The van der Waals surface area contributed by atoms with Crippen molar-refractivity contribution < 1.29 is 14.3 Å². The minimum absolute atomic E-state index is 0.104. The van der Waals surface area contributed by atoms with Gasteiger partial charge in [-0.05, 0) is 11.6 Å². The molecule has 102 valence electrons. The summed E-state index contributed by atoms with van der Waals surface area (Å²) in [5, 5.41) is 3.21. The Kier molecular flexibility index (Phi) is 4.39. The normalized spacial score (nSPS) is 17.7. The highest BCUT2D eigenvalue weighted by Crippen LogP contribution is 2.28. The lowest BCUT2D eigenvalue weighted by atomic mass is 10.0. The van der Waals surface area contributed by atoms with Crippen LogP contribution in [0.15, 0.2) is 24.3 Å². The summed E-state index contributed by atoms with van der Waals surface area (Å²) in [6, 6.07) is 6.45. The van der Waals surface area contributed by atoms with Crippen LogP contribution >= 0.6 is 11.6 Å². The third kappa shape index (κ3) is 3.05. The Morgan fingerprint density at radius 1 is 1.47 bits per heavy atom. The van der Waals surface area contributed by atoms with Crippen LogP contribution in [-0.4, -0.2) is 43.5 Å². The van der Waals surface area contributed by atoms with Crippen molar-refractivity contribution in [3.05, 3.63) is 34.9 Å². The number of carbonyl (C=O) groups is 2. The Morgan fingerprint density at radius 2 is 2.21 bits per heavy atom. The lowest BCUT2D eigenvalue weighted by Crippen LogP contribution is -2.50. The molecule has 2 rings (SSSR count). The van der Waals surface area contributed by atoms with Gasteiger partial charge in [0.2, 0.25) is 5.91 Å². The maximum atomic E-state index is 12.0. The highest BCUT2D eigenvalue weighted by Gasteiger charge is 2.32. The molecule has 0 aliphatic carbocycles. The number of nitrogens with one attached hydrogen (secondary N) is 1. The van der Waals surface area contributed by atoms with Crippen molar-refractivity contribution in [1.82, 2.24) is 10.2 Å². The summed E-state index contributed by atoms with van der Waals surface area (Å²) >= 11 is 6.14. The number of halogens is 1. The summed E-state index contributed by atoms with van der Waals surface area (Å²) in [7, 11) is 1.33. The van der Waals surface area contributed by atoms with Crippen LogP contribution in [0.2, 0.25) is 5.02 Å². The molecular formula is C13H15ClN2O3. The van der Waals surface area contributed by atoms with Gasteiger partial charge in [0.15, 0.2) is 0 Å². The summed E-state index contributed by atoms with van der Waals surface area (Å²) in [6.45, 7) is 1.25. The molecule has 1 fully saturated rings. The maximum absolute atomic E-state index is 12.0. The van der Waals surface area contributed by atoms with Crippen molar-refractivity contribution in [2.24, 2.45) is 0 Å². The van der Waals surface area contributed by atoms with Gasteiger partial charge in [0, 0.05) is 18.1 Å². The molecule has 0 aromatic heterocycles. The first-order valence-electron chi connectivity index (χ1n) is 5.96. The van der Waals surface area contributed by atoms with Crippen LogP contribution in [-0.2, 0) is 14.3 Å². The predicted octanol–water partition coefficient (Wildman–Crippen LogP) is 0.986. The number of ether oxygens (including phenoxy) is 1. The van der Waals surface area contributed by atoms with Crippen LogP contribution in [0.25, 0.3) is 0 Å². The van der Waals surface area contributed by atoms with Gasteiger partial charge in [-0.3, -0.25) is 9.69 Å². The molecule has 1 aliphatic heterocycles. The second-order valence-corrected chi connectivity index (χ2v) is 4.67. The van der Waals surface area contributed by atoms with Crippen LogP contribution in [0.3, 0.4) is 0 Å². The molecule has 19 heavy (non-hydrogen) atoms. The topological polar surface area (TPSA) is 58.6 Å². The Morgan fingerprint density at radius 3 is 2.84 bits per heavy atom. The first-order valence-corrected chi connectivity index (χ1v) is 6.34. The Labute approximate surface area is 116 Å². The summed E-state index contributed by atoms with van der Waals surface area (Å²) in [4.78, 5) is 25.3. The number of esters is 1. The average molecular weight is 283 g/mol. The number of carbonyl (C=O) groups excluding carboxylic acids is 2. The third-order valence-corrected chi connectivity index (χ3v) is 3.40. The van der Waals surface area contributed by atoms with Gasteiger partial charge in [0.25, 0.3) is 0 Å². The summed E-state index contributed by atoms with van der Waals surface area (Å²) in [6.07, 6.45) is 0. The molecule has 0 radical (unpaired) electrons. The van der Waals surface area contributed by atoms with Crippen LogP contribution in [0, 0.1) is 0 Å². The first-order chi connectivity index (χ1) is 9.13. The zero-order chi connectivity index (χ0) is 13.8. The Balaban J connectivity index is 2.33. The number of benzene rings is 1. The zero-order valence-corrected chi connectivity index (χ0v) is 11.3. The molecule has 5 nitrogen and oxygen atoms in total. The van der Waals surface area contributed by atoms with E-state index in [1.54, 1.807) is 29.2 Å². The molecule has 1 amide bonds. The smallest absolute Gasteiger partial charge is 0.327 e. The molecule has 1 N–H and O–H groups in total. The summed E-state index contributed by atoms with van der Waals surface area (Å²) < 4.78 is 4.84. The van der Waals surface area contributed by atoms with Gasteiger partial charge in [0.05, 0.1) is 13.7 Å². The molecule has 1 saturated heterocycles. The van der Waals surface area contributed by atoms with Gasteiger partial charge in [0.1, 0.15) is 6.04 Å². The number of methoxy groups -OCH3 is 1. The Bertz CT molecular complexity index is 493. The van der Waals surface area contributed by atoms with Crippen molar-refractivity contribution in [2.75, 3.05) is 26.7 Å². The molecule has 1 aliphatic rings. The van der Waals surface area contributed by atoms with Gasteiger partial charge >= 0.3 is 5.97 Å². The fourth-order valence-corrected chi connectivity index (χ4v) is 2.40. The standard InChI is InChI=1S/C13H15ClN2O3/c1-19-13(18)12(9-4-2-3-5-10(9)14)16-7-6-15-11(17)8-16/h2-5,12H,6-8H2,1H3,(H,15,17). The molecule has 6 heteroatoms. The molecule has 1 heterocycles. The van der Waals surface area contributed by atoms with E-state index in [1.807, 2.05) is 0 Å². The quantitative estimate of drug-likeness (QED) is 0.840. The second kappa shape index (κ2) is 6.04. The molecule has 0 bridgehead atoms. The highest BCUT2D eigenvalue weighted by molar-refractivity contribution is 6.31. The maximum Gasteiger partial charge on any atom is 0.327 e. The molecule has 1 unspecified atom stereocenters. The number of nitrogens with zero attached hydrogens (tertiary/aromatic N) is 1. The number of hydrogen-bond acceptors (Lipinski definition) is 4. The lowest BCUT2D eigenvalue weighted by Gasteiger charge is -2.32. The second-order valence-electron chi connectivity index (χ2n) is 4.27. The number of rotatable bonds is 3. The molecule has 1 aromatic rings. The van der Waals surface area contributed by atoms with E-state index in [-0.39, 0.29) is 12.5 Å². The van der Waals surface area contributed by atoms with Gasteiger partial charge in [-0.1, -0.05) is 29.8 Å². The number of piperazine rings is 1. The van der Waals surface area contributed by atoms with E-state index in [2.05, 4.69) is 5.32 Å². The van der Waals surface area contributed by atoms with E-state index in [0.717, 1.165) is 0 Å². The van der Waals surface area contributed by atoms with Crippen molar-refractivity contribution in [1.29, 1.82) is 0 Å². The van der Waals surface area contributed by atoms with Crippen LogP contribution in [0.4, 0.5) is 0 Å². The van der Waals surface area contributed by atoms with Crippen molar-refractivity contribution in [3.8, 4) is 0 Å². The van der Waals surface area contributed by atoms with Crippen LogP contribution in [0.5, 0.6) is 0 Å².